The second kappa shape index (κ2) is 6.58. The van der Waals surface area contributed by atoms with Gasteiger partial charge in [0.15, 0.2) is 0 Å². The largest absolute Gasteiger partial charge is 0.290 e. The first kappa shape index (κ1) is 12.2. The Kier molecular flexibility index (Phi) is 8.00. The molecule has 0 fully saturated rings. The van der Waals surface area contributed by atoms with Crippen molar-refractivity contribution in [1.29, 1.82) is 0 Å². The zero-order valence-electron chi connectivity index (χ0n) is 6.02. The van der Waals surface area contributed by atoms with E-state index in [0.717, 1.165) is 6.42 Å². The fourth-order valence-electron chi connectivity index (χ4n) is 0.517. The molecule has 0 aliphatic rings. The van der Waals surface area contributed by atoms with Crippen molar-refractivity contribution in [1.82, 2.24) is 5.43 Å². The number of halogens is 1. The molecule has 10 heavy (non-hydrogen) atoms. The highest BCUT2D eigenvalue weighted by Crippen LogP contribution is 1.99. The summed E-state index contributed by atoms with van der Waals surface area (Å²) in [6.07, 6.45) is 1.63. The molecule has 1 amide bonds. The van der Waals surface area contributed by atoms with Crippen molar-refractivity contribution < 1.29 is 4.79 Å². The number of amides is 1. The van der Waals surface area contributed by atoms with Gasteiger partial charge in [0, 0.05) is 5.57 Å². The van der Waals surface area contributed by atoms with E-state index >= 15 is 0 Å². The third-order valence-corrected chi connectivity index (χ3v) is 1.00. The van der Waals surface area contributed by atoms with Crippen LogP contribution in [0.3, 0.4) is 0 Å². The number of rotatable bonds is 3. The molecule has 60 valence electrons. The molecule has 0 bridgehead atoms. The Balaban J connectivity index is 0. The van der Waals surface area contributed by atoms with E-state index < -0.39 is 0 Å². The lowest BCUT2D eigenvalue weighted by molar-refractivity contribution is -0.117. The van der Waals surface area contributed by atoms with Gasteiger partial charge < -0.3 is 0 Å². The number of nitrogens with two attached hydrogens (primary N) is 1. The van der Waals surface area contributed by atoms with Crippen LogP contribution < -0.4 is 11.3 Å². The van der Waals surface area contributed by atoms with Gasteiger partial charge in [-0.15, -0.1) is 12.4 Å². The Bertz CT molecular complexity index is 125. The zero-order chi connectivity index (χ0) is 7.28. The van der Waals surface area contributed by atoms with E-state index in [1.807, 2.05) is 12.3 Å². The van der Waals surface area contributed by atoms with Gasteiger partial charge in [0.25, 0.3) is 5.91 Å². The Morgan fingerprint density at radius 3 is 2.50 bits per heavy atom. The maximum atomic E-state index is 10.6. The minimum absolute atomic E-state index is 0. The molecule has 0 aliphatic heterocycles. The lowest BCUT2D eigenvalue weighted by Crippen LogP contribution is -2.30. The fourth-order valence-corrected chi connectivity index (χ4v) is 0.517. The van der Waals surface area contributed by atoms with E-state index in [1.165, 1.54) is 0 Å². The molecule has 0 aromatic carbocycles. The van der Waals surface area contributed by atoms with E-state index in [0.29, 0.717) is 12.0 Å². The molecule has 0 rings (SSSR count). The summed E-state index contributed by atoms with van der Waals surface area (Å²) in [5.74, 6) is 4.58. The highest BCUT2D eigenvalue weighted by atomic mass is 35.5. The van der Waals surface area contributed by atoms with E-state index in [-0.39, 0.29) is 18.3 Å². The summed E-state index contributed by atoms with van der Waals surface area (Å²) in [6, 6.07) is 0. The maximum absolute atomic E-state index is 10.6. The second-order valence-corrected chi connectivity index (χ2v) is 1.83. The molecule has 4 heteroatoms. The molecule has 3 N–H and O–H groups in total. The zero-order valence-corrected chi connectivity index (χ0v) is 6.83. The highest BCUT2D eigenvalue weighted by Gasteiger charge is 2.00. The van der Waals surface area contributed by atoms with Crippen LogP contribution in [0.5, 0.6) is 0 Å². The van der Waals surface area contributed by atoms with Crippen molar-refractivity contribution in [2.75, 3.05) is 0 Å². The standard InChI is InChI=1S/C6H12N2O.ClH/c1-3-4-5(2)6(9)8-7;/h2-4,7H2,1H3,(H,8,9);1H. The fraction of sp³-hybridized carbons (Fsp3) is 0.500. The summed E-state index contributed by atoms with van der Waals surface area (Å²) in [7, 11) is 0. The topological polar surface area (TPSA) is 55.1 Å². The quantitative estimate of drug-likeness (QED) is 0.280. The summed E-state index contributed by atoms with van der Waals surface area (Å²) in [5.41, 5.74) is 2.55. The van der Waals surface area contributed by atoms with Crippen molar-refractivity contribution >= 4 is 18.3 Å². The van der Waals surface area contributed by atoms with Crippen molar-refractivity contribution in [3.05, 3.63) is 12.2 Å². The van der Waals surface area contributed by atoms with Crippen LogP contribution in [-0.2, 0) is 4.79 Å². The van der Waals surface area contributed by atoms with Crippen LogP contribution in [0.4, 0.5) is 0 Å². The van der Waals surface area contributed by atoms with Gasteiger partial charge >= 0.3 is 0 Å². The Labute approximate surface area is 67.0 Å². The number of carbonyl (C=O) groups excluding carboxylic acids is 1. The first-order valence-electron chi connectivity index (χ1n) is 2.91. The average molecular weight is 165 g/mol. The first-order valence-corrected chi connectivity index (χ1v) is 2.91. The average Bonchev–Trinajstić information content (AvgIpc) is 1.87. The predicted octanol–water partition coefficient (Wildman–Crippen LogP) is 0.754. The van der Waals surface area contributed by atoms with Crippen LogP contribution >= 0.6 is 12.4 Å². The Morgan fingerprint density at radius 1 is 1.70 bits per heavy atom. The number of nitrogens with one attached hydrogen (secondary N) is 1. The lowest BCUT2D eigenvalue weighted by Gasteiger charge is -1.99. The summed E-state index contributed by atoms with van der Waals surface area (Å²) < 4.78 is 0. The van der Waals surface area contributed by atoms with Crippen LogP contribution in [0.2, 0.25) is 0 Å². The van der Waals surface area contributed by atoms with E-state index in [1.54, 1.807) is 0 Å². The third kappa shape index (κ3) is 4.35. The molecule has 0 heterocycles. The normalized spacial score (nSPS) is 7.80. The molecule has 0 spiro atoms. The third-order valence-electron chi connectivity index (χ3n) is 1.00. The summed E-state index contributed by atoms with van der Waals surface area (Å²) in [5, 5.41) is 0. The van der Waals surface area contributed by atoms with Gasteiger partial charge in [-0.25, -0.2) is 5.84 Å². The molecular weight excluding hydrogens is 152 g/mol. The predicted molar refractivity (Wildman–Crippen MR) is 43.6 cm³/mol. The van der Waals surface area contributed by atoms with Gasteiger partial charge in [-0.05, 0) is 6.42 Å². The molecule has 0 radical (unpaired) electrons. The van der Waals surface area contributed by atoms with Crippen LogP contribution in [-0.4, -0.2) is 5.91 Å². The minimum Gasteiger partial charge on any atom is -0.290 e. The first-order chi connectivity index (χ1) is 4.22. The van der Waals surface area contributed by atoms with E-state index in [2.05, 4.69) is 6.58 Å². The van der Waals surface area contributed by atoms with Gasteiger partial charge in [-0.1, -0.05) is 19.9 Å². The molecule has 0 aliphatic carbocycles. The van der Waals surface area contributed by atoms with Crippen LogP contribution in [0.1, 0.15) is 19.8 Å². The molecule has 0 aromatic heterocycles. The van der Waals surface area contributed by atoms with Gasteiger partial charge in [0.05, 0.1) is 0 Å². The van der Waals surface area contributed by atoms with E-state index in [4.69, 9.17) is 5.84 Å². The molecule has 0 saturated carbocycles. The SMILES string of the molecule is C=C(CCC)C(=O)NN.Cl. The molecule has 3 nitrogen and oxygen atoms in total. The van der Waals surface area contributed by atoms with Crippen LogP contribution in [0.15, 0.2) is 12.2 Å². The lowest BCUT2D eigenvalue weighted by atomic mass is 10.2. The van der Waals surface area contributed by atoms with Gasteiger partial charge in [0.2, 0.25) is 0 Å². The van der Waals surface area contributed by atoms with Crippen molar-refractivity contribution in [2.24, 2.45) is 5.84 Å². The Hall–Kier alpha value is -0.540. The number of hydrogen-bond acceptors (Lipinski definition) is 2. The number of hydrazine groups is 1. The molecule has 0 atom stereocenters. The maximum Gasteiger partial charge on any atom is 0.260 e. The molecule has 0 unspecified atom stereocenters. The number of carbonyl (C=O) groups is 1. The monoisotopic (exact) mass is 164 g/mol. The molecular formula is C6H13ClN2O. The summed E-state index contributed by atoms with van der Waals surface area (Å²) in [4.78, 5) is 10.6. The van der Waals surface area contributed by atoms with Crippen molar-refractivity contribution in [2.45, 2.75) is 19.8 Å². The van der Waals surface area contributed by atoms with Crippen molar-refractivity contribution in [3.8, 4) is 0 Å². The molecule has 0 saturated heterocycles. The van der Waals surface area contributed by atoms with Gasteiger partial charge in [-0.3, -0.25) is 10.2 Å². The second-order valence-electron chi connectivity index (χ2n) is 1.83. The van der Waals surface area contributed by atoms with Crippen LogP contribution in [0.25, 0.3) is 0 Å². The minimum atomic E-state index is -0.267. The Morgan fingerprint density at radius 2 is 2.20 bits per heavy atom. The van der Waals surface area contributed by atoms with Gasteiger partial charge in [-0.2, -0.15) is 0 Å². The molecule has 0 aromatic rings. The number of hydrogen-bond donors (Lipinski definition) is 2. The van der Waals surface area contributed by atoms with Crippen LogP contribution in [0, 0.1) is 0 Å². The summed E-state index contributed by atoms with van der Waals surface area (Å²) in [6.45, 7) is 5.50. The highest BCUT2D eigenvalue weighted by molar-refractivity contribution is 5.92. The van der Waals surface area contributed by atoms with Gasteiger partial charge in [0.1, 0.15) is 0 Å². The smallest absolute Gasteiger partial charge is 0.260 e. The van der Waals surface area contributed by atoms with Crippen molar-refractivity contribution in [3.63, 3.8) is 0 Å². The summed E-state index contributed by atoms with van der Waals surface area (Å²) >= 11 is 0. The van der Waals surface area contributed by atoms with E-state index in [9.17, 15) is 4.79 Å².